The molecule has 3 saturated heterocycles. The molecule has 6 rings (SSSR count). The monoisotopic (exact) mass is 584 g/mol. The van der Waals surface area contributed by atoms with Gasteiger partial charge in [-0.05, 0) is 61.7 Å². The van der Waals surface area contributed by atoms with E-state index in [4.69, 9.17) is 37.7 Å². The molecule has 3 aliphatic rings. The number of aromatic nitrogens is 3. The third kappa shape index (κ3) is 6.67. The molecule has 3 aliphatic heterocycles. The summed E-state index contributed by atoms with van der Waals surface area (Å²) < 4.78 is 11.5. The fraction of sp³-hybridized carbons (Fsp3) is 0.483. The van der Waals surface area contributed by atoms with Crippen LogP contribution in [0.3, 0.4) is 0 Å². The second-order valence-electron chi connectivity index (χ2n) is 10.8. The molecular weight excluding hydrogens is 551 g/mol. The Balaban J connectivity index is 1.18. The molecule has 0 saturated carbocycles. The summed E-state index contributed by atoms with van der Waals surface area (Å²) in [4.78, 5) is 21.1. The van der Waals surface area contributed by atoms with E-state index in [0.29, 0.717) is 39.6 Å². The molecule has 9 nitrogen and oxygen atoms in total. The van der Waals surface area contributed by atoms with Crippen LogP contribution in [0.5, 0.6) is 11.6 Å². The summed E-state index contributed by atoms with van der Waals surface area (Å²) in [6, 6.07) is 9.99. The molecule has 0 spiro atoms. The van der Waals surface area contributed by atoms with E-state index < -0.39 is 0 Å². The summed E-state index contributed by atoms with van der Waals surface area (Å²) in [5, 5.41) is 10.6. The molecule has 1 aromatic carbocycles. The van der Waals surface area contributed by atoms with Crippen LogP contribution >= 0.6 is 23.2 Å². The van der Waals surface area contributed by atoms with Crippen molar-refractivity contribution in [3.05, 3.63) is 58.3 Å². The third-order valence-corrected chi connectivity index (χ3v) is 8.40. The van der Waals surface area contributed by atoms with Gasteiger partial charge in [0.15, 0.2) is 5.75 Å². The fourth-order valence-electron chi connectivity index (χ4n) is 5.50. The molecule has 0 atom stereocenters. The zero-order valence-electron chi connectivity index (χ0n) is 22.4. The van der Waals surface area contributed by atoms with Crippen molar-refractivity contribution in [1.29, 1.82) is 0 Å². The maximum Gasteiger partial charge on any atom is 0.225 e. The van der Waals surface area contributed by atoms with Crippen molar-refractivity contribution in [2.24, 2.45) is 5.92 Å². The summed E-state index contributed by atoms with van der Waals surface area (Å²) in [5.41, 5.74) is 2.63. The summed E-state index contributed by atoms with van der Waals surface area (Å²) in [5.74, 6) is 2.08. The van der Waals surface area contributed by atoms with Crippen LogP contribution in [0, 0.1) is 5.92 Å². The van der Waals surface area contributed by atoms with Crippen LogP contribution in [-0.4, -0.2) is 95.0 Å². The Kier molecular flexibility index (Phi) is 8.67. The standard InChI is InChI=1S/C29H34Cl2N6O3/c30-23-11-22(12-24(31)13-23)27-9-21(16-35-3-1-20(17-38)2-4-35)10-28(34-27)40-26-14-32-29(33-15-26)37-7-5-36(6-8-37)25-18-39-19-25/h9-15,20,25,38H,1-8,16-19H2. The maximum absolute atomic E-state index is 9.50. The molecule has 0 aliphatic carbocycles. The first-order valence-corrected chi connectivity index (χ1v) is 14.7. The largest absolute Gasteiger partial charge is 0.436 e. The number of hydrogen-bond donors (Lipinski definition) is 1. The number of ether oxygens (including phenoxy) is 2. The van der Waals surface area contributed by atoms with Crippen LogP contribution in [0.4, 0.5) is 5.95 Å². The molecule has 2 aromatic heterocycles. The van der Waals surface area contributed by atoms with E-state index in [1.807, 2.05) is 18.2 Å². The molecule has 0 amide bonds. The number of pyridine rings is 1. The third-order valence-electron chi connectivity index (χ3n) is 7.96. The Hall–Kier alpha value is -2.53. The van der Waals surface area contributed by atoms with Crippen molar-refractivity contribution in [1.82, 2.24) is 24.8 Å². The van der Waals surface area contributed by atoms with Crippen LogP contribution in [0.25, 0.3) is 11.3 Å². The van der Waals surface area contributed by atoms with Crippen molar-refractivity contribution < 1.29 is 14.6 Å². The van der Waals surface area contributed by atoms with E-state index in [2.05, 4.69) is 30.7 Å². The number of rotatable bonds is 8. The first-order chi connectivity index (χ1) is 19.5. The van der Waals surface area contributed by atoms with Crippen LogP contribution in [0.2, 0.25) is 10.0 Å². The number of benzene rings is 1. The topological polar surface area (TPSA) is 87.1 Å². The van der Waals surface area contributed by atoms with Crippen molar-refractivity contribution >= 4 is 29.2 Å². The Labute approximate surface area is 244 Å². The van der Waals surface area contributed by atoms with Crippen molar-refractivity contribution in [3.8, 4) is 22.9 Å². The molecule has 0 radical (unpaired) electrons. The summed E-state index contributed by atoms with van der Waals surface area (Å²) in [7, 11) is 0. The normalized spacial score (nSPS) is 19.5. The zero-order valence-corrected chi connectivity index (χ0v) is 23.9. The average molecular weight is 586 g/mol. The minimum absolute atomic E-state index is 0.258. The van der Waals surface area contributed by atoms with Gasteiger partial charge in [-0.2, -0.15) is 0 Å². The summed E-state index contributed by atoms with van der Waals surface area (Å²) in [6.45, 7) is 8.34. The van der Waals surface area contributed by atoms with Gasteiger partial charge in [-0.3, -0.25) is 9.80 Å². The van der Waals surface area contributed by atoms with Crippen molar-refractivity contribution in [3.63, 3.8) is 0 Å². The molecular formula is C29H34Cl2N6O3. The summed E-state index contributed by atoms with van der Waals surface area (Å²) in [6.07, 6.45) is 5.40. The minimum Gasteiger partial charge on any atom is -0.436 e. The van der Waals surface area contributed by atoms with Gasteiger partial charge >= 0.3 is 0 Å². The number of nitrogens with zero attached hydrogens (tertiary/aromatic N) is 6. The lowest BCUT2D eigenvalue weighted by Crippen LogP contribution is -2.56. The zero-order chi connectivity index (χ0) is 27.5. The highest BCUT2D eigenvalue weighted by Crippen LogP contribution is 2.31. The molecule has 1 N–H and O–H groups in total. The van der Waals surface area contributed by atoms with Crippen LogP contribution in [0.15, 0.2) is 42.7 Å². The van der Waals surface area contributed by atoms with Gasteiger partial charge in [0, 0.05) is 61.0 Å². The lowest BCUT2D eigenvalue weighted by molar-refractivity contribution is -0.0661. The van der Waals surface area contributed by atoms with Crippen molar-refractivity contribution in [2.75, 3.05) is 64.0 Å². The number of anilines is 1. The Morgan fingerprint density at radius 3 is 2.23 bits per heavy atom. The molecule has 5 heterocycles. The Morgan fingerprint density at radius 1 is 0.900 bits per heavy atom. The number of aliphatic hydroxyl groups excluding tert-OH is 1. The van der Waals surface area contributed by atoms with E-state index in [9.17, 15) is 5.11 Å². The molecule has 40 heavy (non-hydrogen) atoms. The minimum atomic E-state index is 0.258. The molecule has 11 heteroatoms. The van der Waals surface area contributed by atoms with Gasteiger partial charge in [0.25, 0.3) is 0 Å². The van der Waals surface area contributed by atoms with Gasteiger partial charge in [0.05, 0.1) is 37.3 Å². The summed E-state index contributed by atoms with van der Waals surface area (Å²) >= 11 is 12.6. The van der Waals surface area contributed by atoms with Gasteiger partial charge in [-0.15, -0.1) is 0 Å². The van der Waals surface area contributed by atoms with Gasteiger partial charge in [0.1, 0.15) is 0 Å². The first kappa shape index (κ1) is 27.6. The second-order valence-corrected chi connectivity index (χ2v) is 11.7. The van der Waals surface area contributed by atoms with E-state index in [0.717, 1.165) is 88.7 Å². The number of halogens is 2. The van der Waals surface area contributed by atoms with Gasteiger partial charge < -0.3 is 19.5 Å². The predicted octanol–water partition coefficient (Wildman–Crippen LogP) is 4.36. The molecule has 0 bridgehead atoms. The number of piperazine rings is 1. The van der Waals surface area contributed by atoms with Crippen molar-refractivity contribution in [2.45, 2.75) is 25.4 Å². The van der Waals surface area contributed by atoms with Gasteiger partial charge in [-0.25, -0.2) is 15.0 Å². The number of piperidine rings is 1. The lowest BCUT2D eigenvalue weighted by Gasteiger charge is -2.42. The van der Waals surface area contributed by atoms with Crippen LogP contribution in [-0.2, 0) is 11.3 Å². The van der Waals surface area contributed by atoms with Gasteiger partial charge in [-0.1, -0.05) is 23.2 Å². The molecule has 0 unspecified atom stereocenters. The Morgan fingerprint density at radius 2 is 1.60 bits per heavy atom. The lowest BCUT2D eigenvalue weighted by atomic mass is 9.97. The second kappa shape index (κ2) is 12.5. The van der Waals surface area contributed by atoms with E-state index in [-0.39, 0.29) is 6.61 Å². The van der Waals surface area contributed by atoms with Crippen LogP contribution in [0.1, 0.15) is 18.4 Å². The smallest absolute Gasteiger partial charge is 0.225 e. The van der Waals surface area contributed by atoms with E-state index in [1.165, 1.54) is 0 Å². The number of aliphatic hydroxyl groups is 1. The highest BCUT2D eigenvalue weighted by atomic mass is 35.5. The number of hydrogen-bond acceptors (Lipinski definition) is 9. The quantitative estimate of drug-likeness (QED) is 0.415. The van der Waals surface area contributed by atoms with E-state index >= 15 is 0 Å². The molecule has 3 fully saturated rings. The first-order valence-electron chi connectivity index (χ1n) is 13.9. The highest BCUT2D eigenvalue weighted by Gasteiger charge is 2.29. The average Bonchev–Trinajstić information content (AvgIpc) is 2.93. The molecule has 212 valence electrons. The molecule has 3 aromatic rings. The Bertz CT molecular complexity index is 1270. The van der Waals surface area contributed by atoms with E-state index in [1.54, 1.807) is 18.5 Å². The fourth-order valence-corrected chi connectivity index (χ4v) is 6.03. The maximum atomic E-state index is 9.50. The number of likely N-dealkylation sites (tertiary alicyclic amines) is 1. The predicted molar refractivity (Wildman–Crippen MR) is 155 cm³/mol. The SMILES string of the molecule is OCC1CCN(Cc2cc(Oc3cnc(N4CCN(C5COC5)CC4)nc3)nc(-c3cc(Cl)cc(Cl)c3)c2)CC1. The van der Waals surface area contributed by atoms with Crippen LogP contribution < -0.4 is 9.64 Å². The van der Waals surface area contributed by atoms with Gasteiger partial charge in [0.2, 0.25) is 11.8 Å². The highest BCUT2D eigenvalue weighted by molar-refractivity contribution is 6.35.